The highest BCUT2D eigenvalue weighted by molar-refractivity contribution is 5.82. The van der Waals surface area contributed by atoms with Gasteiger partial charge in [-0.2, -0.15) is 0 Å². The Morgan fingerprint density at radius 1 is 1.29 bits per heavy atom. The molecule has 0 unspecified atom stereocenters. The van der Waals surface area contributed by atoms with E-state index >= 15 is 0 Å². The summed E-state index contributed by atoms with van der Waals surface area (Å²) in [6.07, 6.45) is 3.35. The molecule has 4 heteroatoms. The highest BCUT2D eigenvalue weighted by Gasteiger charge is 2.13. The SMILES string of the molecule is COCOc1ccc(C=C2CCC(=O)N2)cc1. The van der Waals surface area contributed by atoms with Gasteiger partial charge in [0.15, 0.2) is 6.79 Å². The topological polar surface area (TPSA) is 47.6 Å². The van der Waals surface area contributed by atoms with E-state index in [0.29, 0.717) is 6.42 Å². The van der Waals surface area contributed by atoms with Crippen molar-refractivity contribution >= 4 is 12.0 Å². The number of amides is 1. The molecule has 1 aromatic carbocycles. The lowest BCUT2D eigenvalue weighted by atomic mass is 10.1. The fraction of sp³-hybridized carbons (Fsp3) is 0.308. The predicted octanol–water partition coefficient (Wildman–Crippen LogP) is 1.92. The second-order valence-electron chi connectivity index (χ2n) is 3.84. The van der Waals surface area contributed by atoms with Crippen LogP contribution in [-0.4, -0.2) is 19.8 Å². The Hall–Kier alpha value is -1.81. The summed E-state index contributed by atoms with van der Waals surface area (Å²) in [7, 11) is 1.58. The molecule has 17 heavy (non-hydrogen) atoms. The van der Waals surface area contributed by atoms with E-state index in [2.05, 4.69) is 5.32 Å². The molecule has 0 atom stereocenters. The van der Waals surface area contributed by atoms with Crippen LogP contribution in [-0.2, 0) is 9.53 Å². The minimum absolute atomic E-state index is 0.0938. The number of nitrogens with one attached hydrogen (secondary N) is 1. The van der Waals surface area contributed by atoms with E-state index in [-0.39, 0.29) is 12.7 Å². The van der Waals surface area contributed by atoms with Crippen LogP contribution >= 0.6 is 0 Å². The van der Waals surface area contributed by atoms with Crippen molar-refractivity contribution in [3.8, 4) is 5.75 Å². The Morgan fingerprint density at radius 2 is 2.06 bits per heavy atom. The molecule has 90 valence electrons. The molecule has 1 aliphatic rings. The monoisotopic (exact) mass is 233 g/mol. The van der Waals surface area contributed by atoms with Gasteiger partial charge in [-0.05, 0) is 30.2 Å². The fourth-order valence-electron chi connectivity index (χ4n) is 1.65. The van der Waals surface area contributed by atoms with Gasteiger partial charge in [-0.15, -0.1) is 0 Å². The number of rotatable bonds is 4. The smallest absolute Gasteiger partial charge is 0.224 e. The van der Waals surface area contributed by atoms with Gasteiger partial charge in [-0.3, -0.25) is 4.79 Å². The van der Waals surface area contributed by atoms with Crippen molar-refractivity contribution in [3.05, 3.63) is 35.5 Å². The average molecular weight is 233 g/mol. The largest absolute Gasteiger partial charge is 0.468 e. The lowest BCUT2D eigenvalue weighted by Gasteiger charge is -2.04. The summed E-state index contributed by atoms with van der Waals surface area (Å²) < 4.78 is 10.1. The zero-order valence-corrected chi connectivity index (χ0v) is 9.73. The van der Waals surface area contributed by atoms with Gasteiger partial charge in [-0.25, -0.2) is 0 Å². The third-order valence-corrected chi connectivity index (χ3v) is 2.49. The summed E-state index contributed by atoms with van der Waals surface area (Å²) in [6.45, 7) is 0.247. The number of hydrogen-bond acceptors (Lipinski definition) is 3. The normalized spacial score (nSPS) is 17.2. The Bertz CT molecular complexity index is 423. The summed E-state index contributed by atoms with van der Waals surface area (Å²) in [5, 5.41) is 2.82. The van der Waals surface area contributed by atoms with Crippen molar-refractivity contribution in [2.24, 2.45) is 0 Å². The van der Waals surface area contributed by atoms with Gasteiger partial charge >= 0.3 is 0 Å². The first-order valence-corrected chi connectivity index (χ1v) is 5.50. The molecule has 1 fully saturated rings. The van der Waals surface area contributed by atoms with E-state index < -0.39 is 0 Å². The fourth-order valence-corrected chi connectivity index (χ4v) is 1.65. The Labute approximate surface area is 100 Å². The molecule has 1 aromatic rings. The van der Waals surface area contributed by atoms with E-state index in [0.717, 1.165) is 23.4 Å². The van der Waals surface area contributed by atoms with Crippen LogP contribution in [0.4, 0.5) is 0 Å². The molecule has 1 N–H and O–H groups in total. The third-order valence-electron chi connectivity index (χ3n) is 2.49. The number of hydrogen-bond donors (Lipinski definition) is 1. The molecule has 0 bridgehead atoms. The molecule has 0 radical (unpaired) electrons. The molecule has 0 saturated carbocycles. The second kappa shape index (κ2) is 5.50. The second-order valence-corrected chi connectivity index (χ2v) is 3.84. The number of ether oxygens (including phenoxy) is 2. The Morgan fingerprint density at radius 3 is 2.65 bits per heavy atom. The number of carbonyl (C=O) groups is 1. The van der Waals surface area contributed by atoms with Crippen LogP contribution in [0.2, 0.25) is 0 Å². The van der Waals surface area contributed by atoms with Crippen LogP contribution in [0.1, 0.15) is 18.4 Å². The highest BCUT2D eigenvalue weighted by Crippen LogP contribution is 2.17. The maximum Gasteiger partial charge on any atom is 0.224 e. The van der Waals surface area contributed by atoms with E-state index in [1.165, 1.54) is 0 Å². The first-order valence-electron chi connectivity index (χ1n) is 5.50. The van der Waals surface area contributed by atoms with Crippen LogP contribution in [0, 0.1) is 0 Å². The van der Waals surface area contributed by atoms with Gasteiger partial charge in [-0.1, -0.05) is 12.1 Å². The van der Waals surface area contributed by atoms with Crippen molar-refractivity contribution in [1.29, 1.82) is 0 Å². The standard InChI is InChI=1S/C13H15NO3/c1-16-9-17-12-5-2-10(3-6-12)8-11-4-7-13(15)14-11/h2-3,5-6,8H,4,7,9H2,1H3,(H,14,15). The minimum Gasteiger partial charge on any atom is -0.468 e. The number of methoxy groups -OCH3 is 1. The van der Waals surface area contributed by atoms with Gasteiger partial charge in [0.05, 0.1) is 0 Å². The van der Waals surface area contributed by atoms with Gasteiger partial charge < -0.3 is 14.8 Å². The lowest BCUT2D eigenvalue weighted by molar-refractivity contribution is -0.118. The number of benzene rings is 1. The molecule has 1 aliphatic heterocycles. The van der Waals surface area contributed by atoms with Crippen molar-refractivity contribution < 1.29 is 14.3 Å². The van der Waals surface area contributed by atoms with Crippen LogP contribution in [0.25, 0.3) is 6.08 Å². The minimum atomic E-state index is 0.0938. The summed E-state index contributed by atoms with van der Waals surface area (Å²) in [4.78, 5) is 11.0. The van der Waals surface area contributed by atoms with Gasteiger partial charge in [0.25, 0.3) is 0 Å². The molecule has 1 saturated heterocycles. The van der Waals surface area contributed by atoms with E-state index in [4.69, 9.17) is 9.47 Å². The molecule has 4 nitrogen and oxygen atoms in total. The quantitative estimate of drug-likeness (QED) is 0.808. The molecule has 0 aromatic heterocycles. The summed E-state index contributed by atoms with van der Waals surface area (Å²) in [5.41, 5.74) is 2.02. The molecule has 1 amide bonds. The molecule has 2 rings (SSSR count). The number of carbonyl (C=O) groups excluding carboxylic acids is 1. The van der Waals surface area contributed by atoms with Crippen molar-refractivity contribution in [3.63, 3.8) is 0 Å². The van der Waals surface area contributed by atoms with E-state index in [1.54, 1.807) is 7.11 Å². The van der Waals surface area contributed by atoms with E-state index in [9.17, 15) is 4.79 Å². The van der Waals surface area contributed by atoms with Crippen molar-refractivity contribution in [2.75, 3.05) is 13.9 Å². The van der Waals surface area contributed by atoms with Crippen LogP contribution in [0.3, 0.4) is 0 Å². The van der Waals surface area contributed by atoms with Gasteiger partial charge in [0.2, 0.25) is 5.91 Å². The Balaban J connectivity index is 2.00. The molecule has 0 spiro atoms. The number of allylic oxidation sites excluding steroid dienone is 1. The first-order chi connectivity index (χ1) is 8.28. The van der Waals surface area contributed by atoms with Crippen LogP contribution in [0.5, 0.6) is 5.75 Å². The van der Waals surface area contributed by atoms with Crippen molar-refractivity contribution in [1.82, 2.24) is 5.32 Å². The van der Waals surface area contributed by atoms with E-state index in [1.807, 2.05) is 30.3 Å². The average Bonchev–Trinajstić information content (AvgIpc) is 2.74. The Kier molecular flexibility index (Phi) is 3.77. The van der Waals surface area contributed by atoms with Gasteiger partial charge in [0, 0.05) is 19.2 Å². The van der Waals surface area contributed by atoms with Gasteiger partial charge in [0.1, 0.15) is 5.75 Å². The lowest BCUT2D eigenvalue weighted by Crippen LogP contribution is -2.11. The van der Waals surface area contributed by atoms with Crippen molar-refractivity contribution in [2.45, 2.75) is 12.8 Å². The highest BCUT2D eigenvalue weighted by atomic mass is 16.7. The molecular weight excluding hydrogens is 218 g/mol. The molecule has 1 heterocycles. The maximum absolute atomic E-state index is 11.0. The summed E-state index contributed by atoms with van der Waals surface area (Å²) in [5.74, 6) is 0.862. The predicted molar refractivity (Wildman–Crippen MR) is 64.3 cm³/mol. The zero-order chi connectivity index (χ0) is 12.1. The van der Waals surface area contributed by atoms with Crippen LogP contribution in [0.15, 0.2) is 30.0 Å². The molecular formula is C13H15NO3. The van der Waals surface area contributed by atoms with Crippen LogP contribution < -0.4 is 10.1 Å². The maximum atomic E-state index is 11.0. The zero-order valence-electron chi connectivity index (χ0n) is 9.73. The third kappa shape index (κ3) is 3.32. The summed E-state index contributed by atoms with van der Waals surface area (Å²) in [6, 6.07) is 7.65. The molecule has 0 aliphatic carbocycles. The first kappa shape index (κ1) is 11.7. The summed E-state index contributed by atoms with van der Waals surface area (Å²) >= 11 is 0.